The molecule has 0 spiro atoms. The lowest BCUT2D eigenvalue weighted by Gasteiger charge is -2.41. The number of hydrogen-bond donors (Lipinski definition) is 3. The highest BCUT2D eigenvalue weighted by Crippen LogP contribution is 2.46. The maximum Gasteiger partial charge on any atom is 0.433 e. The highest BCUT2D eigenvalue weighted by molar-refractivity contribution is 7.15. The van der Waals surface area contributed by atoms with E-state index in [1.54, 1.807) is 18.3 Å². The quantitative estimate of drug-likeness (QED) is 0.382. The number of aliphatic hydroxyl groups is 1. The van der Waals surface area contributed by atoms with Gasteiger partial charge >= 0.3 is 6.18 Å². The zero-order valence-corrected chi connectivity index (χ0v) is 20.8. The van der Waals surface area contributed by atoms with Crippen molar-refractivity contribution in [2.24, 2.45) is 11.3 Å². The Morgan fingerprint density at radius 2 is 1.86 bits per heavy atom. The number of alkyl halides is 3. The van der Waals surface area contributed by atoms with E-state index in [2.05, 4.69) is 46.4 Å². The van der Waals surface area contributed by atoms with Crippen LogP contribution in [0.3, 0.4) is 0 Å². The van der Waals surface area contributed by atoms with Crippen molar-refractivity contribution < 1.29 is 18.3 Å². The number of anilines is 2. The number of nitrogens with zero attached hydrogens (tertiary/aromatic N) is 3. The summed E-state index contributed by atoms with van der Waals surface area (Å²) in [6.45, 7) is 8.12. The first-order valence-electron chi connectivity index (χ1n) is 11.6. The zero-order valence-electron chi connectivity index (χ0n) is 20.0. The molecule has 2 aromatic heterocycles. The van der Waals surface area contributed by atoms with Gasteiger partial charge in [0.15, 0.2) is 0 Å². The molecule has 0 radical (unpaired) electrons. The molecule has 0 amide bonds. The van der Waals surface area contributed by atoms with Crippen molar-refractivity contribution in [2.75, 3.05) is 18.4 Å². The molecule has 4 rings (SSSR count). The fourth-order valence-electron chi connectivity index (χ4n) is 4.57. The van der Waals surface area contributed by atoms with Crippen molar-refractivity contribution in [1.82, 2.24) is 20.3 Å². The minimum absolute atomic E-state index is 0.0831. The average molecular weight is 506 g/mol. The van der Waals surface area contributed by atoms with Crippen molar-refractivity contribution in [2.45, 2.75) is 51.8 Å². The lowest BCUT2D eigenvalue weighted by molar-refractivity contribution is -0.141. The molecule has 1 saturated heterocycles. The standard InChI is InChI=1S/C25H30F3N5OS/c1-23(2,3)15-24(34,17-7-10-29-11-8-17)21-31-14-19(35-21)16-5-4-6-18(13-16)32-22-30-12-9-20(33-22)25(26,27)28/h4-6,9,12-14,17,29,34H,7-8,10-11,15H2,1-3H3,(H,30,32,33). The maximum absolute atomic E-state index is 13.0. The van der Waals surface area contributed by atoms with Crippen LogP contribution < -0.4 is 10.6 Å². The summed E-state index contributed by atoms with van der Waals surface area (Å²) in [6.07, 6.45) is 0.670. The summed E-state index contributed by atoms with van der Waals surface area (Å²) in [6, 6.07) is 8.09. The topological polar surface area (TPSA) is 83.0 Å². The third-order valence-electron chi connectivity index (χ3n) is 6.04. The van der Waals surface area contributed by atoms with E-state index in [0.29, 0.717) is 17.1 Å². The molecule has 35 heavy (non-hydrogen) atoms. The Labute approximate surface area is 207 Å². The lowest BCUT2D eigenvalue weighted by atomic mass is 9.72. The molecule has 3 heterocycles. The summed E-state index contributed by atoms with van der Waals surface area (Å²) in [5.41, 5.74) is -0.714. The van der Waals surface area contributed by atoms with Gasteiger partial charge in [-0.15, -0.1) is 11.3 Å². The number of hydrogen-bond acceptors (Lipinski definition) is 7. The molecule has 3 N–H and O–H groups in total. The Morgan fingerprint density at radius 1 is 1.11 bits per heavy atom. The molecule has 1 aromatic carbocycles. The van der Waals surface area contributed by atoms with E-state index in [1.165, 1.54) is 11.3 Å². The first-order chi connectivity index (χ1) is 16.4. The van der Waals surface area contributed by atoms with E-state index >= 15 is 0 Å². The summed E-state index contributed by atoms with van der Waals surface area (Å²) in [5.74, 6) is -0.0135. The van der Waals surface area contributed by atoms with Crippen LogP contribution in [0.4, 0.5) is 24.8 Å². The Balaban J connectivity index is 1.60. The van der Waals surface area contributed by atoms with Crippen LogP contribution in [0.15, 0.2) is 42.7 Å². The van der Waals surface area contributed by atoms with Gasteiger partial charge in [0.05, 0.1) is 4.88 Å². The second kappa shape index (κ2) is 9.83. The Kier molecular flexibility index (Phi) is 7.17. The summed E-state index contributed by atoms with van der Waals surface area (Å²) in [4.78, 5) is 13.0. The summed E-state index contributed by atoms with van der Waals surface area (Å²) in [5, 5.41) is 18.9. The zero-order chi connectivity index (χ0) is 25.3. The van der Waals surface area contributed by atoms with E-state index in [9.17, 15) is 18.3 Å². The summed E-state index contributed by atoms with van der Waals surface area (Å²) < 4.78 is 38.9. The van der Waals surface area contributed by atoms with E-state index in [-0.39, 0.29) is 17.3 Å². The van der Waals surface area contributed by atoms with Crippen LogP contribution in [0.5, 0.6) is 0 Å². The maximum atomic E-state index is 13.0. The largest absolute Gasteiger partial charge is 0.433 e. The van der Waals surface area contributed by atoms with Gasteiger partial charge in [0.1, 0.15) is 16.3 Å². The van der Waals surface area contributed by atoms with Crippen LogP contribution in [0.1, 0.15) is 50.7 Å². The molecular weight excluding hydrogens is 475 g/mol. The minimum atomic E-state index is -4.54. The van der Waals surface area contributed by atoms with Crippen molar-refractivity contribution in [3.05, 3.63) is 53.4 Å². The molecule has 10 heteroatoms. The fourth-order valence-corrected chi connectivity index (χ4v) is 5.65. The van der Waals surface area contributed by atoms with Gasteiger partial charge < -0.3 is 15.7 Å². The van der Waals surface area contributed by atoms with Gasteiger partial charge in [0.25, 0.3) is 0 Å². The molecular formula is C25H30F3N5OS. The molecule has 0 aliphatic carbocycles. The second-order valence-electron chi connectivity index (χ2n) is 10.2. The minimum Gasteiger partial charge on any atom is -0.382 e. The molecule has 3 aromatic rings. The highest BCUT2D eigenvalue weighted by Gasteiger charge is 2.44. The van der Waals surface area contributed by atoms with Crippen LogP contribution in [-0.2, 0) is 11.8 Å². The van der Waals surface area contributed by atoms with Gasteiger partial charge in [-0.05, 0) is 67.4 Å². The van der Waals surface area contributed by atoms with Gasteiger partial charge in [-0.2, -0.15) is 13.2 Å². The lowest BCUT2D eigenvalue weighted by Crippen LogP contribution is -2.44. The molecule has 1 aliphatic heterocycles. The van der Waals surface area contributed by atoms with Gasteiger partial charge in [0, 0.05) is 18.1 Å². The number of nitrogens with one attached hydrogen (secondary N) is 2. The van der Waals surface area contributed by atoms with Crippen LogP contribution in [0, 0.1) is 11.3 Å². The SMILES string of the molecule is CC(C)(C)CC(O)(c1ncc(-c2cccc(Nc3nccc(C(F)(F)F)n3)c2)s1)C1CCNCC1. The average Bonchev–Trinajstić information content (AvgIpc) is 3.30. The Hall–Kier alpha value is -2.56. The number of benzene rings is 1. The van der Waals surface area contributed by atoms with Gasteiger partial charge in [-0.25, -0.2) is 15.0 Å². The third-order valence-corrected chi connectivity index (χ3v) is 7.25. The molecule has 1 unspecified atom stereocenters. The van der Waals surface area contributed by atoms with Crippen LogP contribution in [0.25, 0.3) is 10.4 Å². The van der Waals surface area contributed by atoms with E-state index in [0.717, 1.165) is 48.6 Å². The molecule has 1 atom stereocenters. The first kappa shape index (κ1) is 25.5. The smallest absolute Gasteiger partial charge is 0.382 e. The van der Waals surface area contributed by atoms with Crippen LogP contribution in [-0.4, -0.2) is 33.1 Å². The van der Waals surface area contributed by atoms with Crippen molar-refractivity contribution in [3.8, 4) is 10.4 Å². The molecule has 1 aliphatic rings. The molecule has 6 nitrogen and oxygen atoms in total. The van der Waals surface area contributed by atoms with Crippen LogP contribution in [0.2, 0.25) is 0 Å². The van der Waals surface area contributed by atoms with Crippen molar-refractivity contribution in [3.63, 3.8) is 0 Å². The normalized spacial score (nSPS) is 17.2. The van der Waals surface area contributed by atoms with Gasteiger partial charge in [0.2, 0.25) is 5.95 Å². The monoisotopic (exact) mass is 505 g/mol. The summed E-state index contributed by atoms with van der Waals surface area (Å²) >= 11 is 1.46. The Bertz CT molecular complexity index is 1150. The fraction of sp³-hybridized carbons (Fsp3) is 0.480. The van der Waals surface area contributed by atoms with Crippen LogP contribution >= 0.6 is 11.3 Å². The van der Waals surface area contributed by atoms with E-state index in [1.807, 2.05) is 12.1 Å². The first-order valence-corrected chi connectivity index (χ1v) is 12.4. The Morgan fingerprint density at radius 3 is 2.54 bits per heavy atom. The highest BCUT2D eigenvalue weighted by atomic mass is 32.1. The summed E-state index contributed by atoms with van der Waals surface area (Å²) in [7, 11) is 0. The van der Waals surface area contributed by atoms with Crippen molar-refractivity contribution >= 4 is 23.0 Å². The predicted molar refractivity (Wildman–Crippen MR) is 131 cm³/mol. The molecule has 0 bridgehead atoms. The van der Waals surface area contributed by atoms with Gasteiger partial charge in [-0.1, -0.05) is 32.9 Å². The van der Waals surface area contributed by atoms with E-state index in [4.69, 9.17) is 0 Å². The van der Waals surface area contributed by atoms with E-state index < -0.39 is 17.5 Å². The number of thiazole rings is 1. The third kappa shape index (κ3) is 6.17. The molecule has 1 fully saturated rings. The molecule has 188 valence electrons. The predicted octanol–water partition coefficient (Wildman–Crippen LogP) is 5.99. The number of aromatic nitrogens is 3. The number of halogens is 3. The number of piperidine rings is 1. The van der Waals surface area contributed by atoms with Crippen molar-refractivity contribution in [1.29, 1.82) is 0 Å². The second-order valence-corrected chi connectivity index (χ2v) is 11.2. The van der Waals surface area contributed by atoms with Gasteiger partial charge in [-0.3, -0.25) is 0 Å². The number of rotatable bonds is 6. The molecule has 0 saturated carbocycles.